The molecule has 1 aromatic heterocycles. The van der Waals surface area contributed by atoms with Crippen molar-refractivity contribution in [2.75, 3.05) is 0 Å². The molecule has 1 heterocycles. The van der Waals surface area contributed by atoms with Crippen molar-refractivity contribution in [3.63, 3.8) is 0 Å². The zero-order valence-corrected chi connectivity index (χ0v) is 8.08. The second kappa shape index (κ2) is 3.55. The lowest BCUT2D eigenvalue weighted by Crippen LogP contribution is -1.81. The molecular weight excluding hydrogens is 174 g/mol. The van der Waals surface area contributed by atoms with E-state index in [1.165, 1.54) is 0 Å². The second-order valence-corrected chi connectivity index (χ2v) is 3.23. The fourth-order valence-electron chi connectivity index (χ4n) is 1.42. The van der Waals surface area contributed by atoms with E-state index in [9.17, 15) is 0 Å². The van der Waals surface area contributed by atoms with Gasteiger partial charge in [-0.2, -0.15) is 0 Å². The summed E-state index contributed by atoms with van der Waals surface area (Å²) >= 11 is 0. The molecular formula is C12H11NO. The highest BCUT2D eigenvalue weighted by Crippen LogP contribution is 2.19. The first-order valence-electron chi connectivity index (χ1n) is 4.60. The predicted molar refractivity (Wildman–Crippen MR) is 55.9 cm³/mol. The lowest BCUT2D eigenvalue weighted by atomic mass is 10.2. The molecule has 0 atom stereocenters. The molecule has 2 rings (SSSR count). The Morgan fingerprint density at radius 3 is 3.07 bits per heavy atom. The third-order valence-corrected chi connectivity index (χ3v) is 2.14. The van der Waals surface area contributed by atoms with Gasteiger partial charge >= 0.3 is 0 Å². The number of benzene rings is 1. The van der Waals surface area contributed by atoms with Gasteiger partial charge in [-0.15, -0.1) is 12.3 Å². The molecule has 2 heteroatoms. The summed E-state index contributed by atoms with van der Waals surface area (Å²) in [5.74, 6) is 3.30. The fraction of sp³-hybridized carbons (Fsp3) is 0.250. The number of para-hydroxylation sites is 1. The minimum absolute atomic E-state index is 0.672. The number of nitrogens with zero attached hydrogens (tertiary/aromatic N) is 1. The van der Waals surface area contributed by atoms with Gasteiger partial charge in [-0.25, -0.2) is 4.98 Å². The molecule has 2 nitrogen and oxygen atoms in total. The maximum absolute atomic E-state index is 5.59. The van der Waals surface area contributed by atoms with Crippen LogP contribution in [0.25, 0.3) is 11.1 Å². The highest BCUT2D eigenvalue weighted by molar-refractivity contribution is 5.75. The van der Waals surface area contributed by atoms with Crippen LogP contribution in [0.15, 0.2) is 22.6 Å². The van der Waals surface area contributed by atoms with Crippen molar-refractivity contribution in [3.05, 3.63) is 29.7 Å². The standard InChI is InChI=1S/C12H11NO/c1-3-4-8-11-13-10-7-5-6-9(2)12(10)14-11/h1,5-7H,4,8H2,2H3. The molecule has 0 amide bonds. The number of fused-ring (bicyclic) bond motifs is 1. The van der Waals surface area contributed by atoms with Crippen LogP contribution in [-0.4, -0.2) is 4.98 Å². The van der Waals surface area contributed by atoms with Crippen LogP contribution in [0.2, 0.25) is 0 Å². The molecule has 0 aliphatic heterocycles. The van der Waals surface area contributed by atoms with E-state index in [0.717, 1.165) is 22.6 Å². The zero-order valence-electron chi connectivity index (χ0n) is 8.08. The maximum Gasteiger partial charge on any atom is 0.196 e. The van der Waals surface area contributed by atoms with E-state index in [1.54, 1.807) is 0 Å². The van der Waals surface area contributed by atoms with E-state index in [4.69, 9.17) is 10.8 Å². The third-order valence-electron chi connectivity index (χ3n) is 2.14. The third kappa shape index (κ3) is 1.49. The molecule has 14 heavy (non-hydrogen) atoms. The summed E-state index contributed by atoms with van der Waals surface area (Å²) in [5, 5.41) is 0. The second-order valence-electron chi connectivity index (χ2n) is 3.23. The minimum atomic E-state index is 0.672. The predicted octanol–water partition coefficient (Wildman–Crippen LogP) is 2.70. The number of aryl methyl sites for hydroxylation is 2. The molecule has 0 bridgehead atoms. The van der Waals surface area contributed by atoms with Crippen molar-refractivity contribution >= 4 is 11.1 Å². The Morgan fingerprint density at radius 1 is 1.50 bits per heavy atom. The molecule has 0 fully saturated rings. The molecule has 70 valence electrons. The smallest absolute Gasteiger partial charge is 0.196 e. The minimum Gasteiger partial charge on any atom is -0.440 e. The van der Waals surface area contributed by atoms with Crippen LogP contribution in [0.3, 0.4) is 0 Å². The van der Waals surface area contributed by atoms with Crippen LogP contribution in [0.4, 0.5) is 0 Å². The monoisotopic (exact) mass is 185 g/mol. The SMILES string of the molecule is C#CCCc1nc2cccc(C)c2o1. The first kappa shape index (κ1) is 8.83. The van der Waals surface area contributed by atoms with Gasteiger partial charge in [0.05, 0.1) is 0 Å². The highest BCUT2D eigenvalue weighted by Gasteiger charge is 2.06. The fourth-order valence-corrected chi connectivity index (χ4v) is 1.42. The molecule has 0 N–H and O–H groups in total. The van der Waals surface area contributed by atoms with Crippen LogP contribution in [0.5, 0.6) is 0 Å². The Bertz CT molecular complexity index is 490. The number of terminal acetylenes is 1. The normalized spacial score (nSPS) is 10.3. The van der Waals surface area contributed by atoms with Crippen molar-refractivity contribution in [2.45, 2.75) is 19.8 Å². The quantitative estimate of drug-likeness (QED) is 0.672. The van der Waals surface area contributed by atoms with Gasteiger partial charge in [0.25, 0.3) is 0 Å². The number of rotatable bonds is 2. The van der Waals surface area contributed by atoms with Gasteiger partial charge < -0.3 is 4.42 Å². The first-order valence-corrected chi connectivity index (χ1v) is 4.60. The average Bonchev–Trinajstić information content (AvgIpc) is 2.59. The average molecular weight is 185 g/mol. The van der Waals surface area contributed by atoms with E-state index in [2.05, 4.69) is 10.9 Å². The largest absolute Gasteiger partial charge is 0.440 e. The molecule has 2 aromatic rings. The lowest BCUT2D eigenvalue weighted by molar-refractivity contribution is 0.530. The summed E-state index contributed by atoms with van der Waals surface area (Å²) in [7, 11) is 0. The number of hydrogen-bond acceptors (Lipinski definition) is 2. The zero-order chi connectivity index (χ0) is 9.97. The Kier molecular flexibility index (Phi) is 2.24. The molecule has 1 aromatic carbocycles. The molecule has 0 aliphatic carbocycles. The Balaban J connectivity index is 2.42. The molecule has 0 radical (unpaired) electrons. The van der Waals surface area contributed by atoms with Gasteiger partial charge in [0, 0.05) is 12.8 Å². The van der Waals surface area contributed by atoms with Gasteiger partial charge in [0.2, 0.25) is 0 Å². The van der Waals surface area contributed by atoms with Gasteiger partial charge in [0.1, 0.15) is 5.52 Å². The van der Waals surface area contributed by atoms with E-state index in [0.29, 0.717) is 12.8 Å². The van der Waals surface area contributed by atoms with Gasteiger partial charge in [-0.3, -0.25) is 0 Å². The van der Waals surface area contributed by atoms with E-state index in [1.807, 2.05) is 25.1 Å². The van der Waals surface area contributed by atoms with Gasteiger partial charge in [0.15, 0.2) is 11.5 Å². The number of hydrogen-bond donors (Lipinski definition) is 0. The van der Waals surface area contributed by atoms with Crippen LogP contribution in [0.1, 0.15) is 17.9 Å². The van der Waals surface area contributed by atoms with Crippen molar-refractivity contribution in [3.8, 4) is 12.3 Å². The van der Waals surface area contributed by atoms with Crippen molar-refractivity contribution in [1.29, 1.82) is 0 Å². The summed E-state index contributed by atoms with van der Waals surface area (Å²) in [4.78, 5) is 4.35. The molecule has 0 aliphatic rings. The van der Waals surface area contributed by atoms with Crippen LogP contribution in [-0.2, 0) is 6.42 Å². The Labute approximate surface area is 83.0 Å². The van der Waals surface area contributed by atoms with Crippen molar-refractivity contribution in [2.24, 2.45) is 0 Å². The molecule has 0 saturated carbocycles. The summed E-state index contributed by atoms with van der Waals surface area (Å²) in [6, 6.07) is 5.94. The summed E-state index contributed by atoms with van der Waals surface area (Å²) in [6.45, 7) is 2.01. The highest BCUT2D eigenvalue weighted by atomic mass is 16.3. The number of aromatic nitrogens is 1. The summed E-state index contributed by atoms with van der Waals surface area (Å²) in [6.07, 6.45) is 6.57. The van der Waals surface area contributed by atoms with Crippen LogP contribution in [0, 0.1) is 19.3 Å². The Hall–Kier alpha value is -1.75. The van der Waals surface area contributed by atoms with Crippen molar-refractivity contribution < 1.29 is 4.42 Å². The van der Waals surface area contributed by atoms with Crippen LogP contribution < -0.4 is 0 Å². The molecule has 0 saturated heterocycles. The van der Waals surface area contributed by atoms with Gasteiger partial charge in [-0.05, 0) is 18.6 Å². The van der Waals surface area contributed by atoms with E-state index < -0.39 is 0 Å². The molecule has 0 unspecified atom stereocenters. The van der Waals surface area contributed by atoms with E-state index >= 15 is 0 Å². The summed E-state index contributed by atoms with van der Waals surface area (Å²) in [5.41, 5.74) is 2.90. The first-order chi connectivity index (χ1) is 6.81. The van der Waals surface area contributed by atoms with Crippen molar-refractivity contribution in [1.82, 2.24) is 4.98 Å². The maximum atomic E-state index is 5.59. The van der Waals surface area contributed by atoms with E-state index in [-0.39, 0.29) is 0 Å². The lowest BCUT2D eigenvalue weighted by Gasteiger charge is -1.90. The molecule has 0 spiro atoms. The Morgan fingerprint density at radius 2 is 2.36 bits per heavy atom. The van der Waals surface area contributed by atoms with Crippen LogP contribution >= 0.6 is 0 Å². The number of oxazole rings is 1. The topological polar surface area (TPSA) is 26.0 Å². The van der Waals surface area contributed by atoms with Gasteiger partial charge in [-0.1, -0.05) is 12.1 Å². The summed E-state index contributed by atoms with van der Waals surface area (Å²) < 4.78 is 5.59.